The van der Waals surface area contributed by atoms with E-state index in [-0.39, 0.29) is 23.4 Å². The van der Waals surface area contributed by atoms with Crippen LogP contribution in [0.2, 0.25) is 0 Å². The fraction of sp³-hybridized carbons (Fsp3) is 0.143. The molecule has 0 saturated carbocycles. The molecule has 144 valence electrons. The highest BCUT2D eigenvalue weighted by atomic mass is 19.4. The van der Waals surface area contributed by atoms with E-state index >= 15 is 0 Å². The Balaban J connectivity index is 1.81. The maximum absolute atomic E-state index is 12.8. The molecule has 3 aromatic rings. The average Bonchev–Trinajstić information content (AvgIpc) is 2.65. The van der Waals surface area contributed by atoms with Crippen LogP contribution >= 0.6 is 0 Å². The summed E-state index contributed by atoms with van der Waals surface area (Å²) < 4.78 is 39.8. The number of carbonyl (C=O) groups excluding carboxylic acids is 1. The van der Waals surface area contributed by atoms with E-state index in [2.05, 4.69) is 5.32 Å². The van der Waals surface area contributed by atoms with Crippen molar-refractivity contribution in [2.24, 2.45) is 0 Å². The molecule has 3 rings (SSSR count). The Bertz CT molecular complexity index is 1050. The molecule has 1 aromatic heterocycles. The molecule has 0 fully saturated rings. The van der Waals surface area contributed by atoms with Crippen molar-refractivity contribution < 1.29 is 18.0 Å². The number of aromatic nitrogens is 1. The zero-order valence-corrected chi connectivity index (χ0v) is 15.0. The summed E-state index contributed by atoms with van der Waals surface area (Å²) in [4.78, 5) is 24.5. The third-order valence-electron chi connectivity index (χ3n) is 4.17. The van der Waals surface area contributed by atoms with Crippen LogP contribution < -0.4 is 10.9 Å². The van der Waals surface area contributed by atoms with Crippen molar-refractivity contribution in [3.8, 4) is 0 Å². The summed E-state index contributed by atoms with van der Waals surface area (Å²) in [5.74, 6) is -0.600. The van der Waals surface area contributed by atoms with E-state index in [4.69, 9.17) is 0 Å². The van der Waals surface area contributed by atoms with E-state index in [1.165, 1.54) is 35.0 Å². The maximum atomic E-state index is 12.8. The lowest BCUT2D eigenvalue weighted by Crippen LogP contribution is -2.22. The number of nitrogens with zero attached hydrogens (tertiary/aromatic N) is 1. The summed E-state index contributed by atoms with van der Waals surface area (Å²) in [6, 6.07) is 14.6. The third-order valence-corrected chi connectivity index (χ3v) is 4.17. The number of pyridine rings is 1. The van der Waals surface area contributed by atoms with Gasteiger partial charge < -0.3 is 9.88 Å². The van der Waals surface area contributed by atoms with E-state index in [9.17, 15) is 22.8 Å². The van der Waals surface area contributed by atoms with Crippen LogP contribution in [-0.4, -0.2) is 10.5 Å². The summed E-state index contributed by atoms with van der Waals surface area (Å²) in [7, 11) is 0. The van der Waals surface area contributed by atoms with Crippen molar-refractivity contribution in [1.82, 2.24) is 4.57 Å². The van der Waals surface area contributed by atoms with Crippen LogP contribution in [0.5, 0.6) is 0 Å². The molecule has 0 aliphatic carbocycles. The second-order valence-electron chi connectivity index (χ2n) is 6.40. The van der Waals surface area contributed by atoms with Crippen molar-refractivity contribution in [1.29, 1.82) is 0 Å². The number of hydrogen-bond donors (Lipinski definition) is 1. The van der Waals surface area contributed by atoms with Gasteiger partial charge in [-0.05, 0) is 36.8 Å². The average molecular weight is 386 g/mol. The van der Waals surface area contributed by atoms with E-state index in [0.29, 0.717) is 0 Å². The molecule has 2 aromatic carbocycles. The molecular weight excluding hydrogens is 369 g/mol. The molecule has 1 heterocycles. The third kappa shape index (κ3) is 4.68. The molecule has 1 amide bonds. The van der Waals surface area contributed by atoms with Gasteiger partial charge in [-0.25, -0.2) is 0 Å². The number of benzene rings is 2. The molecule has 0 spiro atoms. The molecular formula is C21H17F3N2O2. The predicted octanol–water partition coefficient (Wildman–Crippen LogP) is 4.48. The lowest BCUT2D eigenvalue weighted by Gasteiger charge is -2.11. The zero-order chi connectivity index (χ0) is 20.3. The number of anilines is 1. The van der Waals surface area contributed by atoms with Crippen LogP contribution in [0.25, 0.3) is 0 Å². The summed E-state index contributed by atoms with van der Waals surface area (Å²) >= 11 is 0. The first-order chi connectivity index (χ1) is 13.2. The van der Waals surface area contributed by atoms with E-state index in [1.54, 1.807) is 0 Å². The second-order valence-corrected chi connectivity index (χ2v) is 6.40. The summed E-state index contributed by atoms with van der Waals surface area (Å²) in [5, 5.41) is 2.43. The Morgan fingerprint density at radius 2 is 1.75 bits per heavy atom. The van der Waals surface area contributed by atoms with Crippen molar-refractivity contribution in [2.75, 3.05) is 5.32 Å². The molecule has 0 bridgehead atoms. The second kappa shape index (κ2) is 7.72. The molecule has 28 heavy (non-hydrogen) atoms. The first-order valence-electron chi connectivity index (χ1n) is 8.47. The SMILES string of the molecule is Cc1ccc(Cn2cc(C(=O)Nc3cccc(C(F)(F)F)c3)ccc2=O)cc1. The maximum Gasteiger partial charge on any atom is 0.416 e. The number of rotatable bonds is 4. The van der Waals surface area contributed by atoms with Gasteiger partial charge in [-0.15, -0.1) is 0 Å². The Kier molecular flexibility index (Phi) is 5.35. The molecule has 0 atom stereocenters. The van der Waals surface area contributed by atoms with Gasteiger partial charge >= 0.3 is 6.18 Å². The van der Waals surface area contributed by atoms with Gasteiger partial charge in [0.1, 0.15) is 0 Å². The molecule has 4 nitrogen and oxygen atoms in total. The molecule has 0 saturated heterocycles. The highest BCUT2D eigenvalue weighted by Crippen LogP contribution is 2.30. The van der Waals surface area contributed by atoms with Crippen LogP contribution in [0.3, 0.4) is 0 Å². The van der Waals surface area contributed by atoms with Crippen LogP contribution in [0.15, 0.2) is 71.7 Å². The topological polar surface area (TPSA) is 51.1 Å². The Morgan fingerprint density at radius 1 is 1.04 bits per heavy atom. The highest BCUT2D eigenvalue weighted by Gasteiger charge is 2.30. The largest absolute Gasteiger partial charge is 0.416 e. The minimum Gasteiger partial charge on any atom is -0.322 e. The van der Waals surface area contributed by atoms with Gasteiger partial charge in [-0.3, -0.25) is 9.59 Å². The molecule has 0 aliphatic heterocycles. The van der Waals surface area contributed by atoms with Gasteiger partial charge in [0, 0.05) is 18.0 Å². The molecule has 1 N–H and O–H groups in total. The first-order valence-corrected chi connectivity index (χ1v) is 8.47. The fourth-order valence-corrected chi connectivity index (χ4v) is 2.66. The molecule has 0 aliphatic rings. The molecule has 7 heteroatoms. The minimum absolute atomic E-state index is 0.0242. The van der Waals surface area contributed by atoms with Gasteiger partial charge in [0.2, 0.25) is 0 Å². The number of amides is 1. The Morgan fingerprint density at radius 3 is 2.43 bits per heavy atom. The van der Waals surface area contributed by atoms with Gasteiger partial charge in [-0.2, -0.15) is 13.2 Å². The van der Waals surface area contributed by atoms with Crippen molar-refractivity contribution in [3.63, 3.8) is 0 Å². The summed E-state index contributed by atoms with van der Waals surface area (Å²) in [6.07, 6.45) is -3.10. The Hall–Kier alpha value is -3.35. The number of nitrogens with one attached hydrogen (secondary N) is 1. The van der Waals surface area contributed by atoms with Crippen molar-refractivity contribution in [2.45, 2.75) is 19.6 Å². The van der Waals surface area contributed by atoms with Crippen molar-refractivity contribution in [3.05, 3.63) is 99.5 Å². The van der Waals surface area contributed by atoms with Gasteiger partial charge in [0.15, 0.2) is 0 Å². The monoisotopic (exact) mass is 386 g/mol. The number of hydrogen-bond acceptors (Lipinski definition) is 2. The van der Waals surface area contributed by atoms with Gasteiger partial charge in [0.05, 0.1) is 17.7 Å². The predicted molar refractivity (Wildman–Crippen MR) is 100 cm³/mol. The number of aryl methyl sites for hydroxylation is 1. The van der Waals surface area contributed by atoms with Crippen LogP contribution in [0.1, 0.15) is 27.0 Å². The van der Waals surface area contributed by atoms with Crippen LogP contribution in [0.4, 0.5) is 18.9 Å². The summed E-state index contributed by atoms with van der Waals surface area (Å²) in [6.45, 7) is 2.23. The Labute approximate surface area is 159 Å². The zero-order valence-electron chi connectivity index (χ0n) is 15.0. The molecule has 0 unspecified atom stereocenters. The van der Waals surface area contributed by atoms with E-state index in [0.717, 1.165) is 23.3 Å². The number of alkyl halides is 3. The standard InChI is InChI=1S/C21H17F3N2O2/c1-14-5-7-15(8-6-14)12-26-13-16(9-10-19(26)27)20(28)25-18-4-2-3-17(11-18)21(22,23)24/h2-11,13H,12H2,1H3,(H,25,28). The highest BCUT2D eigenvalue weighted by molar-refractivity contribution is 6.04. The molecule has 0 radical (unpaired) electrons. The van der Waals surface area contributed by atoms with E-state index < -0.39 is 17.6 Å². The van der Waals surface area contributed by atoms with Gasteiger partial charge in [0.25, 0.3) is 11.5 Å². The minimum atomic E-state index is -4.50. The summed E-state index contributed by atoms with van der Waals surface area (Å²) in [5.41, 5.74) is 1.04. The lowest BCUT2D eigenvalue weighted by molar-refractivity contribution is -0.137. The number of halogens is 3. The quantitative estimate of drug-likeness (QED) is 0.719. The van der Waals surface area contributed by atoms with Crippen LogP contribution in [0, 0.1) is 6.92 Å². The van der Waals surface area contributed by atoms with Crippen molar-refractivity contribution >= 4 is 11.6 Å². The van der Waals surface area contributed by atoms with E-state index in [1.807, 2.05) is 31.2 Å². The normalized spacial score (nSPS) is 11.3. The van der Waals surface area contributed by atoms with Gasteiger partial charge in [-0.1, -0.05) is 35.9 Å². The fourth-order valence-electron chi connectivity index (χ4n) is 2.66. The number of carbonyl (C=O) groups is 1. The van der Waals surface area contributed by atoms with Crippen LogP contribution in [-0.2, 0) is 12.7 Å². The smallest absolute Gasteiger partial charge is 0.322 e. The first kappa shape index (κ1) is 19.4. The lowest BCUT2D eigenvalue weighted by atomic mass is 10.1.